The van der Waals surface area contributed by atoms with Gasteiger partial charge in [0, 0.05) is 16.9 Å². The Labute approximate surface area is 126 Å². The Morgan fingerprint density at radius 2 is 1.95 bits per heavy atom. The number of aliphatic carboxylic acids is 1. The van der Waals surface area contributed by atoms with E-state index in [9.17, 15) is 9.59 Å². The molecule has 2 unspecified atom stereocenters. The van der Waals surface area contributed by atoms with Gasteiger partial charge in [0.05, 0.1) is 5.41 Å². The van der Waals surface area contributed by atoms with Gasteiger partial charge in [0.15, 0.2) is 0 Å². The molecule has 0 aromatic heterocycles. The number of halogens is 1. The number of carboxylic acids is 1. The summed E-state index contributed by atoms with van der Waals surface area (Å²) < 4.78 is 1.02. The number of nitrogens with one attached hydrogen (secondary N) is 1. The summed E-state index contributed by atoms with van der Waals surface area (Å²) in [6, 6.07) is 7.97. The highest BCUT2D eigenvalue weighted by Gasteiger charge is 2.44. The van der Waals surface area contributed by atoms with Crippen LogP contribution in [0.3, 0.4) is 0 Å². The van der Waals surface area contributed by atoms with Gasteiger partial charge in [-0.1, -0.05) is 28.1 Å². The second-order valence-electron chi connectivity index (χ2n) is 5.91. The third-order valence-electron chi connectivity index (χ3n) is 3.71. The van der Waals surface area contributed by atoms with Crippen molar-refractivity contribution in [1.29, 1.82) is 0 Å². The van der Waals surface area contributed by atoms with Crippen LogP contribution in [0.2, 0.25) is 0 Å². The largest absolute Gasteiger partial charge is 0.481 e. The molecule has 1 saturated carbocycles. The molecule has 1 amide bonds. The van der Waals surface area contributed by atoms with Gasteiger partial charge in [-0.15, -0.1) is 0 Å². The molecule has 0 heterocycles. The molecule has 2 atom stereocenters. The number of benzene rings is 1. The molecule has 5 heteroatoms. The van der Waals surface area contributed by atoms with Crippen LogP contribution < -0.4 is 5.32 Å². The van der Waals surface area contributed by atoms with Crippen molar-refractivity contribution in [2.45, 2.75) is 26.2 Å². The van der Waals surface area contributed by atoms with Gasteiger partial charge in [0.1, 0.15) is 0 Å². The highest BCUT2D eigenvalue weighted by molar-refractivity contribution is 9.10. The van der Waals surface area contributed by atoms with Gasteiger partial charge in [-0.05, 0) is 43.9 Å². The minimum Gasteiger partial charge on any atom is -0.481 e. The van der Waals surface area contributed by atoms with E-state index < -0.39 is 11.4 Å². The van der Waals surface area contributed by atoms with Crippen molar-refractivity contribution in [3.63, 3.8) is 0 Å². The van der Waals surface area contributed by atoms with Crippen molar-refractivity contribution in [2.24, 2.45) is 11.3 Å². The highest BCUT2D eigenvalue weighted by atomic mass is 79.9. The Morgan fingerprint density at radius 3 is 2.50 bits per heavy atom. The fourth-order valence-electron chi connectivity index (χ4n) is 2.08. The summed E-state index contributed by atoms with van der Waals surface area (Å²) in [5.41, 5.74) is 0.225. The van der Waals surface area contributed by atoms with E-state index in [0.717, 1.165) is 16.5 Å². The molecule has 2 rings (SSSR count). The number of hydrogen-bond acceptors (Lipinski definition) is 2. The van der Waals surface area contributed by atoms with Crippen molar-refractivity contribution in [3.8, 4) is 0 Å². The van der Waals surface area contributed by atoms with Crippen LogP contribution in [-0.4, -0.2) is 23.5 Å². The van der Waals surface area contributed by atoms with Crippen LogP contribution in [0.5, 0.6) is 0 Å². The lowest BCUT2D eigenvalue weighted by molar-refractivity contribution is -0.146. The molecule has 0 radical (unpaired) electrons. The fourth-order valence-corrected chi connectivity index (χ4v) is 2.34. The number of amides is 1. The second kappa shape index (κ2) is 5.56. The molecule has 1 aliphatic carbocycles. The number of hydrogen-bond donors (Lipinski definition) is 2. The van der Waals surface area contributed by atoms with Gasteiger partial charge in [-0.2, -0.15) is 0 Å². The van der Waals surface area contributed by atoms with E-state index in [1.807, 2.05) is 24.3 Å². The zero-order chi connectivity index (χ0) is 14.9. The molecule has 0 aliphatic heterocycles. The van der Waals surface area contributed by atoms with E-state index in [1.54, 1.807) is 13.8 Å². The molecule has 1 aromatic carbocycles. The molecule has 1 aromatic rings. The predicted molar refractivity (Wildman–Crippen MR) is 79.4 cm³/mol. The van der Waals surface area contributed by atoms with Gasteiger partial charge in [-0.25, -0.2) is 0 Å². The monoisotopic (exact) mass is 339 g/mol. The van der Waals surface area contributed by atoms with Crippen LogP contribution in [-0.2, 0) is 9.59 Å². The number of carboxylic acid groups (broad SMARTS) is 1. The lowest BCUT2D eigenvalue weighted by Crippen LogP contribution is -2.39. The first kappa shape index (κ1) is 15.0. The van der Waals surface area contributed by atoms with Gasteiger partial charge in [-0.3, -0.25) is 9.59 Å². The van der Waals surface area contributed by atoms with Crippen molar-refractivity contribution in [2.75, 3.05) is 6.54 Å². The van der Waals surface area contributed by atoms with E-state index in [1.165, 1.54) is 0 Å². The minimum absolute atomic E-state index is 0.0271. The summed E-state index contributed by atoms with van der Waals surface area (Å²) >= 11 is 3.38. The summed E-state index contributed by atoms with van der Waals surface area (Å²) in [5.74, 6) is -0.720. The van der Waals surface area contributed by atoms with Crippen LogP contribution in [0.25, 0.3) is 0 Å². The van der Waals surface area contributed by atoms with Gasteiger partial charge < -0.3 is 10.4 Å². The van der Waals surface area contributed by atoms with Crippen molar-refractivity contribution >= 4 is 27.8 Å². The van der Waals surface area contributed by atoms with Crippen LogP contribution >= 0.6 is 15.9 Å². The van der Waals surface area contributed by atoms with Gasteiger partial charge in [0.2, 0.25) is 5.91 Å². The Kier molecular flexibility index (Phi) is 4.18. The van der Waals surface area contributed by atoms with E-state index in [2.05, 4.69) is 21.2 Å². The van der Waals surface area contributed by atoms with E-state index in [-0.39, 0.29) is 24.3 Å². The Bertz CT molecular complexity index is 524. The molecular formula is C15H18BrNO3. The maximum Gasteiger partial charge on any atom is 0.310 e. The Morgan fingerprint density at radius 1 is 1.35 bits per heavy atom. The minimum atomic E-state index is -0.933. The first-order chi connectivity index (χ1) is 9.31. The number of rotatable bonds is 5. The first-order valence-electron chi connectivity index (χ1n) is 6.58. The van der Waals surface area contributed by atoms with Crippen LogP contribution in [0.4, 0.5) is 0 Å². The fraction of sp³-hybridized carbons (Fsp3) is 0.467. The second-order valence-corrected chi connectivity index (χ2v) is 6.82. The van der Waals surface area contributed by atoms with E-state index in [0.29, 0.717) is 0 Å². The summed E-state index contributed by atoms with van der Waals surface area (Å²) in [6.45, 7) is 3.37. The predicted octanol–water partition coefficient (Wildman–Crippen LogP) is 2.78. The molecule has 0 saturated heterocycles. The summed E-state index contributed by atoms with van der Waals surface area (Å²) in [5, 5.41) is 11.8. The maximum absolute atomic E-state index is 12.0. The first-order valence-corrected chi connectivity index (χ1v) is 7.37. The Hall–Kier alpha value is -1.36. The van der Waals surface area contributed by atoms with Gasteiger partial charge >= 0.3 is 5.97 Å². The molecule has 0 bridgehead atoms. The summed E-state index contributed by atoms with van der Waals surface area (Å²) in [7, 11) is 0. The van der Waals surface area contributed by atoms with E-state index in [4.69, 9.17) is 5.11 Å². The zero-order valence-electron chi connectivity index (χ0n) is 11.5. The molecule has 4 nitrogen and oxygen atoms in total. The molecule has 1 aliphatic rings. The van der Waals surface area contributed by atoms with Crippen molar-refractivity contribution < 1.29 is 14.7 Å². The summed E-state index contributed by atoms with van der Waals surface area (Å²) in [6.07, 6.45) is 0.834. The summed E-state index contributed by atoms with van der Waals surface area (Å²) in [4.78, 5) is 23.0. The number of carbonyl (C=O) groups is 2. The third kappa shape index (κ3) is 3.39. The number of carbonyl (C=O) groups excluding carboxylic acids is 1. The lowest BCUT2D eigenvalue weighted by Gasteiger charge is -2.19. The van der Waals surface area contributed by atoms with Crippen LogP contribution in [0.1, 0.15) is 31.7 Å². The maximum atomic E-state index is 12.0. The van der Waals surface area contributed by atoms with E-state index >= 15 is 0 Å². The molecule has 108 valence electrons. The molecular weight excluding hydrogens is 322 g/mol. The lowest BCUT2D eigenvalue weighted by atomic mass is 9.94. The molecule has 20 heavy (non-hydrogen) atoms. The smallest absolute Gasteiger partial charge is 0.310 e. The topological polar surface area (TPSA) is 66.4 Å². The van der Waals surface area contributed by atoms with Crippen molar-refractivity contribution in [1.82, 2.24) is 5.32 Å². The van der Waals surface area contributed by atoms with Crippen LogP contribution in [0.15, 0.2) is 28.7 Å². The normalized spacial score (nSPS) is 21.4. The van der Waals surface area contributed by atoms with Crippen LogP contribution in [0, 0.1) is 11.3 Å². The molecule has 2 N–H and O–H groups in total. The third-order valence-corrected chi connectivity index (χ3v) is 4.24. The SMILES string of the molecule is CC(C)(CNC(=O)C1CC1c1ccc(Br)cc1)C(=O)O. The molecule has 1 fully saturated rings. The molecule has 0 spiro atoms. The average molecular weight is 340 g/mol. The standard InChI is InChI=1S/C15H18BrNO3/c1-15(2,14(19)20)8-17-13(18)12-7-11(12)9-3-5-10(16)6-4-9/h3-6,11-12H,7-8H2,1-2H3,(H,17,18)(H,19,20). The van der Waals surface area contributed by atoms with Crippen molar-refractivity contribution in [3.05, 3.63) is 34.3 Å². The quantitative estimate of drug-likeness (QED) is 0.866. The Balaban J connectivity index is 1.87. The van der Waals surface area contributed by atoms with Gasteiger partial charge in [0.25, 0.3) is 0 Å². The average Bonchev–Trinajstić information content (AvgIpc) is 3.17. The zero-order valence-corrected chi connectivity index (χ0v) is 13.1. The highest BCUT2D eigenvalue weighted by Crippen LogP contribution is 2.47.